The molecule has 1 radical (unpaired) electrons. The van der Waals surface area contributed by atoms with Crippen LogP contribution in [0.1, 0.15) is 65.2 Å². The molecular weight excluding hydrogens is 194 g/mol. The van der Waals surface area contributed by atoms with Gasteiger partial charge in [-0.3, -0.25) is 0 Å². The number of allylic oxidation sites excluding steroid dienone is 1. The normalized spacial score (nSPS) is 18.1. The van der Waals surface area contributed by atoms with E-state index in [-0.39, 0.29) is 0 Å². The molecule has 1 saturated carbocycles. The molecule has 1 heteroatoms. The van der Waals surface area contributed by atoms with Gasteiger partial charge in [-0.25, -0.2) is 5.32 Å². The predicted octanol–water partition coefficient (Wildman–Crippen LogP) is 4.31. The number of rotatable bonds is 10. The van der Waals surface area contributed by atoms with Gasteiger partial charge in [0.2, 0.25) is 0 Å². The molecule has 1 aliphatic rings. The summed E-state index contributed by atoms with van der Waals surface area (Å²) in [6.07, 6.45) is 15.3. The Hall–Kier alpha value is -0.300. The number of hydrogen-bond donors (Lipinski definition) is 0. The van der Waals surface area contributed by atoms with Gasteiger partial charge >= 0.3 is 0 Å². The van der Waals surface area contributed by atoms with Crippen molar-refractivity contribution in [2.75, 3.05) is 6.54 Å². The van der Waals surface area contributed by atoms with E-state index in [0.717, 1.165) is 18.9 Å². The van der Waals surface area contributed by atoms with E-state index in [0.29, 0.717) is 6.04 Å². The molecular formula is C15H28N. The summed E-state index contributed by atoms with van der Waals surface area (Å²) in [4.78, 5) is 0. The summed E-state index contributed by atoms with van der Waals surface area (Å²) in [6, 6.07) is 0.547. The second-order valence-corrected chi connectivity index (χ2v) is 4.98. The summed E-state index contributed by atoms with van der Waals surface area (Å²) in [5, 5.41) is 4.83. The van der Waals surface area contributed by atoms with Crippen LogP contribution in [0.3, 0.4) is 0 Å². The van der Waals surface area contributed by atoms with E-state index >= 15 is 0 Å². The summed E-state index contributed by atoms with van der Waals surface area (Å²) >= 11 is 0. The summed E-state index contributed by atoms with van der Waals surface area (Å²) in [7, 11) is 0. The Bertz CT molecular complexity index is 182. The molecule has 1 fully saturated rings. The highest BCUT2D eigenvalue weighted by atomic mass is 14.9. The highest BCUT2D eigenvalue weighted by Crippen LogP contribution is 2.33. The van der Waals surface area contributed by atoms with Crippen molar-refractivity contribution in [2.45, 2.75) is 71.3 Å². The van der Waals surface area contributed by atoms with Crippen molar-refractivity contribution >= 4 is 0 Å². The summed E-state index contributed by atoms with van der Waals surface area (Å²) in [5.74, 6) is 0.887. The lowest BCUT2D eigenvalue weighted by Crippen LogP contribution is -2.23. The molecule has 0 N–H and O–H groups in total. The molecule has 0 aromatic rings. The van der Waals surface area contributed by atoms with Crippen LogP contribution in [0, 0.1) is 5.92 Å². The quantitative estimate of drug-likeness (QED) is 0.386. The van der Waals surface area contributed by atoms with E-state index < -0.39 is 0 Å². The van der Waals surface area contributed by atoms with Gasteiger partial charge in [0.05, 0.1) is 0 Å². The van der Waals surface area contributed by atoms with Crippen LogP contribution in [0.2, 0.25) is 0 Å². The molecule has 93 valence electrons. The monoisotopic (exact) mass is 222 g/mol. The van der Waals surface area contributed by atoms with Crippen LogP contribution in [0.4, 0.5) is 0 Å². The lowest BCUT2D eigenvalue weighted by Gasteiger charge is -2.11. The van der Waals surface area contributed by atoms with Crippen molar-refractivity contribution in [2.24, 2.45) is 5.92 Å². The van der Waals surface area contributed by atoms with Crippen LogP contribution >= 0.6 is 0 Å². The molecule has 1 unspecified atom stereocenters. The molecule has 1 nitrogen and oxygen atoms in total. The van der Waals surface area contributed by atoms with Crippen molar-refractivity contribution in [3.8, 4) is 0 Å². The average Bonchev–Trinajstić information content (AvgIpc) is 3.11. The van der Waals surface area contributed by atoms with Crippen molar-refractivity contribution in [3.05, 3.63) is 12.2 Å². The Morgan fingerprint density at radius 1 is 1.12 bits per heavy atom. The van der Waals surface area contributed by atoms with Gasteiger partial charge in [0.25, 0.3) is 0 Å². The zero-order valence-electron chi connectivity index (χ0n) is 11.1. The maximum Gasteiger partial charge on any atom is 0.0454 e. The molecule has 0 aromatic heterocycles. The number of hydrogen-bond acceptors (Lipinski definition) is 0. The van der Waals surface area contributed by atoms with Crippen LogP contribution in [0.5, 0.6) is 0 Å². The second kappa shape index (κ2) is 8.81. The zero-order valence-corrected chi connectivity index (χ0v) is 11.1. The minimum atomic E-state index is 0.547. The largest absolute Gasteiger partial charge is 0.234 e. The first-order valence-corrected chi connectivity index (χ1v) is 7.21. The van der Waals surface area contributed by atoms with E-state index in [9.17, 15) is 0 Å². The van der Waals surface area contributed by atoms with Crippen LogP contribution < -0.4 is 5.32 Å². The third kappa shape index (κ3) is 6.32. The summed E-state index contributed by atoms with van der Waals surface area (Å²) < 4.78 is 0. The fourth-order valence-electron chi connectivity index (χ4n) is 2.04. The van der Waals surface area contributed by atoms with Crippen molar-refractivity contribution in [1.29, 1.82) is 0 Å². The Morgan fingerprint density at radius 3 is 2.50 bits per heavy atom. The SMILES string of the molecule is CCC=CC([N]CCCCCCC)C1CC1. The molecule has 1 aliphatic carbocycles. The minimum absolute atomic E-state index is 0.547. The smallest absolute Gasteiger partial charge is 0.0454 e. The standard InChI is InChI=1S/C15H28N/c1-3-5-7-8-9-13-16-15(10-6-4-2)14-11-12-14/h6,10,14-15H,3-5,7-9,11-13H2,1-2H3. The van der Waals surface area contributed by atoms with Gasteiger partial charge < -0.3 is 0 Å². The lowest BCUT2D eigenvalue weighted by atomic mass is 10.1. The van der Waals surface area contributed by atoms with E-state index in [1.54, 1.807) is 0 Å². The van der Waals surface area contributed by atoms with Gasteiger partial charge in [0.1, 0.15) is 0 Å². The van der Waals surface area contributed by atoms with Crippen LogP contribution in [-0.4, -0.2) is 12.6 Å². The number of nitrogens with zero attached hydrogens (tertiary/aromatic N) is 1. The molecule has 1 atom stereocenters. The maximum atomic E-state index is 4.83. The van der Waals surface area contributed by atoms with Crippen molar-refractivity contribution in [3.63, 3.8) is 0 Å². The van der Waals surface area contributed by atoms with Gasteiger partial charge in [-0.15, -0.1) is 0 Å². The predicted molar refractivity (Wildman–Crippen MR) is 71.7 cm³/mol. The molecule has 0 heterocycles. The Balaban J connectivity index is 2.01. The highest BCUT2D eigenvalue weighted by molar-refractivity contribution is 5.00. The van der Waals surface area contributed by atoms with E-state index in [1.807, 2.05) is 0 Å². The fourth-order valence-corrected chi connectivity index (χ4v) is 2.04. The number of unbranched alkanes of at least 4 members (excludes halogenated alkanes) is 4. The molecule has 0 bridgehead atoms. The summed E-state index contributed by atoms with van der Waals surface area (Å²) in [6.45, 7) is 5.55. The molecule has 0 aromatic carbocycles. The molecule has 1 rings (SSSR count). The van der Waals surface area contributed by atoms with Gasteiger partial charge in [-0.05, 0) is 31.6 Å². The van der Waals surface area contributed by atoms with Crippen LogP contribution in [-0.2, 0) is 0 Å². The average molecular weight is 222 g/mol. The van der Waals surface area contributed by atoms with E-state index in [2.05, 4.69) is 26.0 Å². The van der Waals surface area contributed by atoms with E-state index in [4.69, 9.17) is 5.32 Å². The van der Waals surface area contributed by atoms with Gasteiger partial charge in [0, 0.05) is 12.6 Å². The molecule has 0 aliphatic heterocycles. The van der Waals surface area contributed by atoms with Gasteiger partial charge in [-0.2, -0.15) is 0 Å². The molecule has 16 heavy (non-hydrogen) atoms. The van der Waals surface area contributed by atoms with Crippen molar-refractivity contribution < 1.29 is 0 Å². The first kappa shape index (κ1) is 13.8. The van der Waals surface area contributed by atoms with Crippen LogP contribution in [0.25, 0.3) is 0 Å². The Kier molecular flexibility index (Phi) is 7.58. The van der Waals surface area contributed by atoms with Gasteiger partial charge in [0.15, 0.2) is 0 Å². The Morgan fingerprint density at radius 2 is 1.88 bits per heavy atom. The molecule has 0 saturated heterocycles. The minimum Gasteiger partial charge on any atom is -0.234 e. The van der Waals surface area contributed by atoms with Crippen LogP contribution in [0.15, 0.2) is 12.2 Å². The molecule has 0 amide bonds. The third-order valence-electron chi connectivity index (χ3n) is 3.28. The van der Waals surface area contributed by atoms with Crippen molar-refractivity contribution in [1.82, 2.24) is 5.32 Å². The Labute approximate surface area is 102 Å². The summed E-state index contributed by atoms with van der Waals surface area (Å²) in [5.41, 5.74) is 0. The topological polar surface area (TPSA) is 14.1 Å². The van der Waals surface area contributed by atoms with Gasteiger partial charge in [-0.1, -0.05) is 51.7 Å². The zero-order chi connectivity index (χ0) is 11.6. The first-order valence-electron chi connectivity index (χ1n) is 7.21. The third-order valence-corrected chi connectivity index (χ3v) is 3.28. The highest BCUT2D eigenvalue weighted by Gasteiger charge is 2.29. The fraction of sp³-hybridized carbons (Fsp3) is 0.867. The second-order valence-electron chi connectivity index (χ2n) is 4.98. The first-order chi connectivity index (χ1) is 7.88. The lowest BCUT2D eigenvalue weighted by molar-refractivity contribution is 0.501. The molecule has 0 spiro atoms. The maximum absolute atomic E-state index is 4.83. The van der Waals surface area contributed by atoms with E-state index in [1.165, 1.54) is 44.9 Å².